The highest BCUT2D eigenvalue weighted by Gasteiger charge is 2.24. The van der Waals surface area contributed by atoms with Gasteiger partial charge < -0.3 is 0 Å². The quantitative estimate of drug-likeness (QED) is 0.565. The molecule has 1 aliphatic rings. The predicted molar refractivity (Wildman–Crippen MR) is 45.9 cm³/mol. The lowest BCUT2D eigenvalue weighted by Crippen LogP contribution is -2.19. The van der Waals surface area contributed by atoms with E-state index in [1.807, 2.05) is 0 Å². The normalized spacial score (nSPS) is 38.1. The first-order valence-corrected chi connectivity index (χ1v) is 4.65. The Morgan fingerprint density at radius 3 is 2.64 bits per heavy atom. The number of hydrogen-bond acceptors (Lipinski definition) is 1. The van der Waals surface area contributed by atoms with Gasteiger partial charge in [0.2, 0.25) is 0 Å². The first-order chi connectivity index (χ1) is 5.26. The highest BCUT2D eigenvalue weighted by Crippen LogP contribution is 2.34. The van der Waals surface area contributed by atoms with Gasteiger partial charge in [-0.05, 0) is 31.1 Å². The van der Waals surface area contributed by atoms with E-state index in [9.17, 15) is 0 Å². The first kappa shape index (κ1) is 8.59. The Labute approximate surface area is 69.4 Å². The van der Waals surface area contributed by atoms with Gasteiger partial charge in [-0.1, -0.05) is 20.3 Å². The SMILES string of the molecule is CCC1CC(C)CC(C#N)C1. The van der Waals surface area contributed by atoms with E-state index < -0.39 is 0 Å². The predicted octanol–water partition coefficient (Wildman–Crippen LogP) is 2.97. The van der Waals surface area contributed by atoms with Crippen LogP contribution in [0.4, 0.5) is 0 Å². The Hall–Kier alpha value is -0.510. The van der Waals surface area contributed by atoms with E-state index in [2.05, 4.69) is 19.9 Å². The fourth-order valence-corrected chi connectivity index (χ4v) is 2.18. The van der Waals surface area contributed by atoms with Crippen LogP contribution >= 0.6 is 0 Å². The minimum Gasteiger partial charge on any atom is -0.198 e. The zero-order valence-corrected chi connectivity index (χ0v) is 7.51. The summed E-state index contributed by atoms with van der Waals surface area (Å²) in [6, 6.07) is 2.40. The van der Waals surface area contributed by atoms with Crippen LogP contribution in [0.25, 0.3) is 0 Å². The highest BCUT2D eigenvalue weighted by molar-refractivity contribution is 4.89. The van der Waals surface area contributed by atoms with Crippen molar-refractivity contribution in [1.82, 2.24) is 0 Å². The van der Waals surface area contributed by atoms with Gasteiger partial charge in [-0.15, -0.1) is 0 Å². The molecule has 11 heavy (non-hydrogen) atoms. The van der Waals surface area contributed by atoms with E-state index in [0.717, 1.165) is 24.7 Å². The fourth-order valence-electron chi connectivity index (χ4n) is 2.18. The molecule has 0 radical (unpaired) electrons. The Kier molecular flexibility index (Phi) is 2.93. The monoisotopic (exact) mass is 151 g/mol. The molecule has 0 aromatic rings. The largest absolute Gasteiger partial charge is 0.198 e. The molecule has 0 aromatic carbocycles. The third kappa shape index (κ3) is 2.22. The molecule has 1 rings (SSSR count). The summed E-state index contributed by atoms with van der Waals surface area (Å²) in [5.41, 5.74) is 0. The zero-order valence-electron chi connectivity index (χ0n) is 7.51. The van der Waals surface area contributed by atoms with Crippen molar-refractivity contribution in [1.29, 1.82) is 5.26 Å². The molecule has 1 saturated carbocycles. The first-order valence-electron chi connectivity index (χ1n) is 4.65. The Morgan fingerprint density at radius 2 is 2.09 bits per heavy atom. The lowest BCUT2D eigenvalue weighted by molar-refractivity contribution is 0.236. The summed E-state index contributed by atoms with van der Waals surface area (Å²) in [7, 11) is 0. The van der Waals surface area contributed by atoms with Gasteiger partial charge in [-0.3, -0.25) is 0 Å². The van der Waals surface area contributed by atoms with Crippen LogP contribution in [0, 0.1) is 29.1 Å². The second kappa shape index (κ2) is 3.76. The maximum atomic E-state index is 8.77. The van der Waals surface area contributed by atoms with Crippen molar-refractivity contribution >= 4 is 0 Å². The lowest BCUT2D eigenvalue weighted by atomic mass is 9.75. The molecule has 0 N–H and O–H groups in total. The topological polar surface area (TPSA) is 23.8 Å². The summed E-state index contributed by atoms with van der Waals surface area (Å²) in [6.07, 6.45) is 4.88. The van der Waals surface area contributed by atoms with E-state index >= 15 is 0 Å². The van der Waals surface area contributed by atoms with Gasteiger partial charge in [0, 0.05) is 5.92 Å². The molecule has 0 heterocycles. The Bertz CT molecular complexity index is 157. The average molecular weight is 151 g/mol. The molecule has 1 aliphatic carbocycles. The molecule has 0 saturated heterocycles. The summed E-state index contributed by atoms with van der Waals surface area (Å²) in [5.74, 6) is 1.95. The van der Waals surface area contributed by atoms with Crippen LogP contribution in [0.2, 0.25) is 0 Å². The fraction of sp³-hybridized carbons (Fsp3) is 0.900. The van der Waals surface area contributed by atoms with Crippen LogP contribution in [0.15, 0.2) is 0 Å². The smallest absolute Gasteiger partial charge is 0.0655 e. The maximum Gasteiger partial charge on any atom is 0.0655 e. The van der Waals surface area contributed by atoms with Gasteiger partial charge in [0.1, 0.15) is 0 Å². The summed E-state index contributed by atoms with van der Waals surface area (Å²) >= 11 is 0. The van der Waals surface area contributed by atoms with E-state index in [4.69, 9.17) is 5.26 Å². The second-order valence-corrected chi connectivity index (χ2v) is 3.91. The van der Waals surface area contributed by atoms with Gasteiger partial charge in [-0.2, -0.15) is 5.26 Å². The Balaban J connectivity index is 2.45. The van der Waals surface area contributed by atoms with E-state index in [1.54, 1.807) is 0 Å². The van der Waals surface area contributed by atoms with E-state index in [1.165, 1.54) is 12.8 Å². The van der Waals surface area contributed by atoms with Crippen molar-refractivity contribution < 1.29 is 0 Å². The van der Waals surface area contributed by atoms with Crippen molar-refractivity contribution in [3.63, 3.8) is 0 Å². The van der Waals surface area contributed by atoms with Crippen molar-refractivity contribution in [2.45, 2.75) is 39.5 Å². The van der Waals surface area contributed by atoms with E-state index in [-0.39, 0.29) is 0 Å². The van der Waals surface area contributed by atoms with Gasteiger partial charge >= 0.3 is 0 Å². The van der Waals surface area contributed by atoms with Crippen molar-refractivity contribution in [3.05, 3.63) is 0 Å². The van der Waals surface area contributed by atoms with Gasteiger partial charge in [0.25, 0.3) is 0 Å². The molecule has 1 nitrogen and oxygen atoms in total. The lowest BCUT2D eigenvalue weighted by Gasteiger charge is -2.28. The highest BCUT2D eigenvalue weighted by atomic mass is 14.3. The van der Waals surface area contributed by atoms with Crippen molar-refractivity contribution in [2.75, 3.05) is 0 Å². The summed E-state index contributed by atoms with van der Waals surface area (Å²) < 4.78 is 0. The number of hydrogen-bond donors (Lipinski definition) is 0. The van der Waals surface area contributed by atoms with Crippen molar-refractivity contribution in [2.24, 2.45) is 17.8 Å². The molecule has 0 spiro atoms. The van der Waals surface area contributed by atoms with Gasteiger partial charge in [0.15, 0.2) is 0 Å². The van der Waals surface area contributed by atoms with Crippen LogP contribution in [0.5, 0.6) is 0 Å². The average Bonchev–Trinajstić information content (AvgIpc) is 2.03. The molecular weight excluding hydrogens is 134 g/mol. The maximum absolute atomic E-state index is 8.77. The zero-order chi connectivity index (χ0) is 8.27. The molecule has 62 valence electrons. The third-order valence-corrected chi connectivity index (χ3v) is 2.80. The number of nitrogens with zero attached hydrogens (tertiary/aromatic N) is 1. The molecular formula is C10H17N. The molecule has 0 amide bonds. The molecule has 0 bridgehead atoms. The second-order valence-electron chi connectivity index (χ2n) is 3.91. The third-order valence-electron chi connectivity index (χ3n) is 2.80. The number of rotatable bonds is 1. The summed E-state index contributed by atoms with van der Waals surface area (Å²) in [6.45, 7) is 4.50. The van der Waals surface area contributed by atoms with Crippen LogP contribution in [0.1, 0.15) is 39.5 Å². The summed E-state index contributed by atoms with van der Waals surface area (Å²) in [5, 5.41) is 8.77. The van der Waals surface area contributed by atoms with Crippen LogP contribution in [0.3, 0.4) is 0 Å². The summed E-state index contributed by atoms with van der Waals surface area (Å²) in [4.78, 5) is 0. The standard InChI is InChI=1S/C10H17N/c1-3-9-4-8(2)5-10(6-9)7-11/h8-10H,3-6H2,1-2H3. The van der Waals surface area contributed by atoms with Gasteiger partial charge in [0.05, 0.1) is 6.07 Å². The molecule has 0 aromatic heterocycles. The minimum absolute atomic E-state index is 0.351. The van der Waals surface area contributed by atoms with Gasteiger partial charge in [-0.25, -0.2) is 0 Å². The van der Waals surface area contributed by atoms with Crippen LogP contribution in [-0.4, -0.2) is 0 Å². The molecule has 3 atom stereocenters. The van der Waals surface area contributed by atoms with E-state index in [0.29, 0.717) is 5.92 Å². The Morgan fingerprint density at radius 1 is 1.36 bits per heavy atom. The van der Waals surface area contributed by atoms with Crippen LogP contribution in [-0.2, 0) is 0 Å². The van der Waals surface area contributed by atoms with Crippen LogP contribution < -0.4 is 0 Å². The molecule has 3 unspecified atom stereocenters. The molecule has 0 aliphatic heterocycles. The van der Waals surface area contributed by atoms with Crippen molar-refractivity contribution in [3.8, 4) is 6.07 Å². The minimum atomic E-state index is 0.351. The molecule has 1 fully saturated rings. The number of nitriles is 1. The molecule has 1 heteroatoms.